The first kappa shape index (κ1) is 15.6. The zero-order valence-electron chi connectivity index (χ0n) is 12.4. The van der Waals surface area contributed by atoms with Gasteiger partial charge in [0.15, 0.2) is 5.78 Å². The molecular weight excluding hydrogens is 292 g/mol. The highest BCUT2D eigenvalue weighted by Gasteiger charge is 2.37. The number of hydrogen-bond acceptors (Lipinski definition) is 5. The molecule has 0 saturated carbocycles. The molecule has 0 N–H and O–H groups in total. The Labute approximate surface area is 128 Å². The van der Waals surface area contributed by atoms with Gasteiger partial charge in [0.25, 0.3) is 0 Å². The number of ketones is 1. The van der Waals surface area contributed by atoms with Gasteiger partial charge in [-0.2, -0.15) is 0 Å². The maximum absolute atomic E-state index is 12.4. The predicted molar refractivity (Wildman–Crippen MR) is 83.1 cm³/mol. The molecule has 2 rings (SSSR count). The highest BCUT2D eigenvalue weighted by Crippen LogP contribution is 2.45. The summed E-state index contributed by atoms with van der Waals surface area (Å²) in [4.78, 5) is 25.2. The van der Waals surface area contributed by atoms with Crippen LogP contribution in [0.25, 0.3) is 0 Å². The molecule has 0 spiro atoms. The molecule has 0 aromatic carbocycles. The molecule has 1 aromatic rings. The van der Waals surface area contributed by atoms with E-state index in [9.17, 15) is 9.59 Å². The molecule has 5 heteroatoms. The largest absolute Gasteiger partial charge is 0.462 e. The molecule has 1 aliphatic rings. The average Bonchev–Trinajstić information content (AvgIpc) is 2.67. The molecule has 0 radical (unpaired) electrons. The molecule has 1 aromatic heterocycles. The normalized spacial score (nSPS) is 16.9. The Hall–Kier alpha value is -0.810. The van der Waals surface area contributed by atoms with E-state index in [1.54, 1.807) is 18.7 Å². The van der Waals surface area contributed by atoms with Crippen molar-refractivity contribution in [2.75, 3.05) is 12.4 Å². The fraction of sp³-hybridized carbons (Fsp3) is 0.600. The minimum absolute atomic E-state index is 0.0828. The monoisotopic (exact) mass is 312 g/mol. The van der Waals surface area contributed by atoms with Gasteiger partial charge in [-0.15, -0.1) is 23.1 Å². The van der Waals surface area contributed by atoms with Gasteiger partial charge in [-0.25, -0.2) is 4.79 Å². The van der Waals surface area contributed by atoms with Crippen LogP contribution in [0.2, 0.25) is 0 Å². The molecule has 0 saturated heterocycles. The zero-order chi connectivity index (χ0) is 14.9. The first-order chi connectivity index (χ1) is 9.39. The smallest absolute Gasteiger partial charge is 0.348 e. The van der Waals surface area contributed by atoms with Crippen molar-refractivity contribution in [3.05, 3.63) is 16.0 Å². The number of rotatable bonds is 4. The summed E-state index contributed by atoms with van der Waals surface area (Å²) in [6.45, 7) is 8.37. The lowest BCUT2D eigenvalue weighted by Crippen LogP contribution is -2.27. The zero-order valence-corrected chi connectivity index (χ0v) is 14.0. The molecule has 1 heterocycles. The molecule has 0 unspecified atom stereocenters. The average molecular weight is 312 g/mol. The van der Waals surface area contributed by atoms with E-state index >= 15 is 0 Å². The van der Waals surface area contributed by atoms with Crippen molar-refractivity contribution in [1.82, 2.24) is 0 Å². The standard InChI is InChI=1S/C15H20O3S2/c1-5-18-13(17)12-9-7-15(3,4)8-10(16)11(9)14(20-12)19-6-2/h5-8H2,1-4H3. The summed E-state index contributed by atoms with van der Waals surface area (Å²) in [5.74, 6) is 0.771. The quantitative estimate of drug-likeness (QED) is 0.617. The van der Waals surface area contributed by atoms with Crippen molar-refractivity contribution >= 4 is 34.9 Å². The fourth-order valence-corrected chi connectivity index (χ4v) is 5.00. The third kappa shape index (κ3) is 2.93. The second kappa shape index (κ2) is 5.90. The number of thioether (sulfide) groups is 1. The number of Topliss-reactive ketones (excluding diaryl/α,β-unsaturated/α-hetero) is 1. The first-order valence-corrected chi connectivity index (χ1v) is 8.68. The number of esters is 1. The van der Waals surface area contributed by atoms with Crippen molar-refractivity contribution in [3.63, 3.8) is 0 Å². The number of carbonyl (C=O) groups excluding carboxylic acids is 2. The summed E-state index contributed by atoms with van der Waals surface area (Å²) in [6.07, 6.45) is 1.32. The van der Waals surface area contributed by atoms with Crippen LogP contribution < -0.4 is 0 Å². The van der Waals surface area contributed by atoms with Crippen molar-refractivity contribution in [1.29, 1.82) is 0 Å². The summed E-state index contributed by atoms with van der Waals surface area (Å²) >= 11 is 3.06. The molecule has 110 valence electrons. The third-order valence-electron chi connectivity index (χ3n) is 3.28. The molecule has 0 amide bonds. The Morgan fingerprint density at radius 1 is 1.35 bits per heavy atom. The maximum atomic E-state index is 12.4. The van der Waals surface area contributed by atoms with E-state index in [1.165, 1.54) is 11.3 Å². The van der Waals surface area contributed by atoms with E-state index < -0.39 is 0 Å². The van der Waals surface area contributed by atoms with Gasteiger partial charge in [0.05, 0.1) is 10.8 Å². The molecule has 0 aliphatic heterocycles. The van der Waals surface area contributed by atoms with Crippen molar-refractivity contribution in [2.45, 2.75) is 44.7 Å². The lowest BCUT2D eigenvalue weighted by molar-refractivity contribution is 0.0530. The summed E-state index contributed by atoms with van der Waals surface area (Å²) in [5, 5.41) is 0. The molecule has 0 bridgehead atoms. The van der Waals surface area contributed by atoms with Crippen LogP contribution in [0.4, 0.5) is 0 Å². The van der Waals surface area contributed by atoms with Crippen LogP contribution in [0.5, 0.6) is 0 Å². The first-order valence-electron chi connectivity index (χ1n) is 6.88. The highest BCUT2D eigenvalue weighted by molar-refractivity contribution is 8.01. The van der Waals surface area contributed by atoms with Gasteiger partial charge in [-0.1, -0.05) is 20.8 Å². The molecule has 0 fully saturated rings. The summed E-state index contributed by atoms with van der Waals surface area (Å²) in [7, 11) is 0. The molecule has 3 nitrogen and oxygen atoms in total. The SMILES string of the molecule is CCOC(=O)c1sc(SCC)c2c1CC(C)(C)CC2=O. The van der Waals surface area contributed by atoms with E-state index in [0.717, 1.165) is 27.5 Å². The van der Waals surface area contributed by atoms with Gasteiger partial charge >= 0.3 is 5.97 Å². The van der Waals surface area contributed by atoms with Gasteiger partial charge < -0.3 is 4.74 Å². The molecule has 0 atom stereocenters. The van der Waals surface area contributed by atoms with E-state index in [-0.39, 0.29) is 17.2 Å². The molecule has 20 heavy (non-hydrogen) atoms. The van der Waals surface area contributed by atoms with Gasteiger partial charge in [-0.3, -0.25) is 4.79 Å². The molecular formula is C15H20O3S2. The van der Waals surface area contributed by atoms with E-state index in [1.807, 2.05) is 0 Å². The van der Waals surface area contributed by atoms with Crippen LogP contribution in [0.15, 0.2) is 4.21 Å². The van der Waals surface area contributed by atoms with Crippen molar-refractivity contribution in [2.24, 2.45) is 5.41 Å². The Morgan fingerprint density at radius 2 is 2.05 bits per heavy atom. The Bertz CT molecular complexity index is 544. The number of thiophene rings is 1. The summed E-state index contributed by atoms with van der Waals surface area (Å²) in [5.41, 5.74) is 1.61. The lowest BCUT2D eigenvalue weighted by Gasteiger charge is -2.29. The summed E-state index contributed by atoms with van der Waals surface area (Å²) in [6, 6.07) is 0. The van der Waals surface area contributed by atoms with Crippen LogP contribution in [0.3, 0.4) is 0 Å². The molecule has 1 aliphatic carbocycles. The highest BCUT2D eigenvalue weighted by atomic mass is 32.2. The van der Waals surface area contributed by atoms with Gasteiger partial charge in [0, 0.05) is 12.0 Å². The van der Waals surface area contributed by atoms with Gasteiger partial charge in [0.2, 0.25) is 0 Å². The maximum Gasteiger partial charge on any atom is 0.348 e. The van der Waals surface area contributed by atoms with E-state index in [2.05, 4.69) is 20.8 Å². The van der Waals surface area contributed by atoms with Crippen LogP contribution in [-0.4, -0.2) is 24.1 Å². The number of fused-ring (bicyclic) bond motifs is 1. The van der Waals surface area contributed by atoms with Crippen LogP contribution in [-0.2, 0) is 11.2 Å². The minimum Gasteiger partial charge on any atom is -0.462 e. The number of ether oxygens (including phenoxy) is 1. The third-order valence-corrected chi connectivity index (χ3v) is 5.65. The van der Waals surface area contributed by atoms with E-state index in [4.69, 9.17) is 4.74 Å². The van der Waals surface area contributed by atoms with Crippen LogP contribution in [0.1, 0.15) is 59.7 Å². The van der Waals surface area contributed by atoms with Crippen molar-refractivity contribution in [3.8, 4) is 0 Å². The minimum atomic E-state index is -0.290. The van der Waals surface area contributed by atoms with Gasteiger partial charge in [0.1, 0.15) is 4.88 Å². The topological polar surface area (TPSA) is 43.4 Å². The predicted octanol–water partition coefficient (Wildman–Crippen LogP) is 4.19. The number of carbonyl (C=O) groups is 2. The Morgan fingerprint density at radius 3 is 2.65 bits per heavy atom. The lowest BCUT2D eigenvalue weighted by atomic mass is 9.74. The van der Waals surface area contributed by atoms with Gasteiger partial charge in [-0.05, 0) is 30.1 Å². The second-order valence-corrected chi connectivity index (χ2v) is 8.22. The van der Waals surface area contributed by atoms with Crippen LogP contribution in [0, 0.1) is 5.41 Å². The second-order valence-electron chi connectivity index (χ2n) is 5.67. The Balaban J connectivity index is 2.52. The number of hydrogen-bond donors (Lipinski definition) is 0. The van der Waals surface area contributed by atoms with E-state index in [0.29, 0.717) is 17.9 Å². The Kier molecular flexibility index (Phi) is 4.59. The summed E-state index contributed by atoms with van der Waals surface area (Å²) < 4.78 is 6.12. The van der Waals surface area contributed by atoms with Crippen LogP contribution >= 0.6 is 23.1 Å². The fourth-order valence-electron chi connectivity index (χ4n) is 2.55. The van der Waals surface area contributed by atoms with Crippen molar-refractivity contribution < 1.29 is 14.3 Å².